The molecule has 0 aliphatic carbocycles. The van der Waals surface area contributed by atoms with Gasteiger partial charge in [0.05, 0.1) is 17.1 Å². The van der Waals surface area contributed by atoms with Crippen LogP contribution in [0.25, 0.3) is 10.9 Å². The second kappa shape index (κ2) is 11.4. The predicted molar refractivity (Wildman–Crippen MR) is 145 cm³/mol. The number of rotatable bonds is 7. The van der Waals surface area contributed by atoms with E-state index in [4.69, 9.17) is 0 Å². The van der Waals surface area contributed by atoms with Gasteiger partial charge in [0.2, 0.25) is 5.12 Å². The number of hydrogen-bond donors (Lipinski definition) is 3. The maximum absolute atomic E-state index is 12.9. The molecule has 3 aromatic rings. The SMILES string of the molecule is Cc1ccc(C#CC2=CCC(CC(=O)S(=O)N[C@@H](C(C)O)[C@H](C)c3c[nH]c4ccccc34)S2)cc1. The van der Waals surface area contributed by atoms with Gasteiger partial charge in [0.25, 0.3) is 0 Å². The molecular formula is C28H30N2O3S2. The Balaban J connectivity index is 1.34. The number of benzene rings is 2. The van der Waals surface area contributed by atoms with Gasteiger partial charge in [0, 0.05) is 40.3 Å². The number of aryl methyl sites for hydroxylation is 1. The summed E-state index contributed by atoms with van der Waals surface area (Å²) in [5.41, 5.74) is 4.16. The Bertz CT molecular complexity index is 1320. The zero-order chi connectivity index (χ0) is 24.9. The minimum absolute atomic E-state index is 0.0200. The predicted octanol–water partition coefficient (Wildman–Crippen LogP) is 4.94. The van der Waals surface area contributed by atoms with Gasteiger partial charge in [-0.05, 0) is 44.0 Å². The second-order valence-electron chi connectivity index (χ2n) is 8.97. The number of aliphatic hydroxyl groups excluding tert-OH is 1. The maximum atomic E-state index is 12.9. The van der Waals surface area contributed by atoms with Crippen LogP contribution < -0.4 is 4.72 Å². The van der Waals surface area contributed by atoms with E-state index in [1.165, 1.54) is 5.56 Å². The average Bonchev–Trinajstić information content (AvgIpc) is 3.48. The van der Waals surface area contributed by atoms with Gasteiger partial charge in [-0.1, -0.05) is 60.7 Å². The van der Waals surface area contributed by atoms with Crippen LogP contribution in [-0.4, -0.2) is 36.8 Å². The van der Waals surface area contributed by atoms with Crippen molar-refractivity contribution in [2.45, 2.75) is 56.9 Å². The molecule has 1 aliphatic rings. The van der Waals surface area contributed by atoms with Crippen molar-refractivity contribution in [2.24, 2.45) is 0 Å². The minimum Gasteiger partial charge on any atom is -0.392 e. The van der Waals surface area contributed by atoms with Crippen LogP contribution in [0.2, 0.25) is 0 Å². The summed E-state index contributed by atoms with van der Waals surface area (Å²) >= 11 is 1.56. The molecule has 0 amide bonds. The topological polar surface area (TPSA) is 82.2 Å². The summed E-state index contributed by atoms with van der Waals surface area (Å²) in [4.78, 5) is 17.0. The molecule has 5 nitrogen and oxygen atoms in total. The van der Waals surface area contributed by atoms with Crippen LogP contribution in [0, 0.1) is 18.8 Å². The van der Waals surface area contributed by atoms with Gasteiger partial charge in [-0.15, -0.1) is 11.8 Å². The fourth-order valence-electron chi connectivity index (χ4n) is 4.22. The third kappa shape index (κ3) is 6.33. The van der Waals surface area contributed by atoms with E-state index in [1.54, 1.807) is 18.7 Å². The number of thioether (sulfide) groups is 1. The molecule has 1 aliphatic heterocycles. The molecule has 2 heterocycles. The molecule has 0 fully saturated rings. The summed E-state index contributed by atoms with van der Waals surface area (Å²) in [5, 5.41) is 11.1. The first kappa shape index (κ1) is 25.5. The van der Waals surface area contributed by atoms with Crippen molar-refractivity contribution < 1.29 is 14.1 Å². The smallest absolute Gasteiger partial charge is 0.235 e. The lowest BCUT2D eigenvalue weighted by molar-refractivity contribution is -0.111. The number of carbonyl (C=O) groups excluding carboxylic acids is 1. The van der Waals surface area contributed by atoms with Gasteiger partial charge in [-0.25, -0.2) is 8.93 Å². The first-order valence-corrected chi connectivity index (χ1v) is 13.7. The first-order valence-electron chi connectivity index (χ1n) is 11.7. The van der Waals surface area contributed by atoms with Gasteiger partial charge < -0.3 is 10.1 Å². The monoisotopic (exact) mass is 506 g/mol. The van der Waals surface area contributed by atoms with Crippen molar-refractivity contribution in [3.05, 3.63) is 82.4 Å². The molecule has 0 bridgehead atoms. The van der Waals surface area contributed by atoms with Crippen LogP contribution in [0.4, 0.5) is 0 Å². The molecule has 3 N–H and O–H groups in total. The van der Waals surface area contributed by atoms with Crippen LogP contribution in [0.15, 0.2) is 65.7 Å². The van der Waals surface area contributed by atoms with Crippen molar-refractivity contribution in [3.8, 4) is 11.8 Å². The summed E-state index contributed by atoms with van der Waals surface area (Å²) in [6.07, 6.45) is 4.07. The lowest BCUT2D eigenvalue weighted by Gasteiger charge is -2.27. The number of aromatic amines is 1. The quantitative estimate of drug-likeness (QED) is 0.397. The molecule has 7 heteroatoms. The number of allylic oxidation sites excluding steroid dienone is 2. The number of hydrogen-bond acceptors (Lipinski definition) is 4. The lowest BCUT2D eigenvalue weighted by atomic mass is 9.91. The molecule has 5 atom stereocenters. The average molecular weight is 507 g/mol. The van der Waals surface area contributed by atoms with E-state index in [0.717, 1.165) is 33.4 Å². The molecule has 3 unspecified atom stereocenters. The highest BCUT2D eigenvalue weighted by atomic mass is 32.2. The summed E-state index contributed by atoms with van der Waals surface area (Å²) < 4.78 is 15.8. The highest BCUT2D eigenvalue weighted by molar-refractivity contribution is 8.04. The third-order valence-electron chi connectivity index (χ3n) is 6.26. The van der Waals surface area contributed by atoms with E-state index in [9.17, 15) is 14.1 Å². The maximum Gasteiger partial charge on any atom is 0.235 e. The summed E-state index contributed by atoms with van der Waals surface area (Å²) in [5.74, 6) is 6.18. The minimum atomic E-state index is -1.91. The van der Waals surface area contributed by atoms with Crippen LogP contribution in [0.5, 0.6) is 0 Å². The van der Waals surface area contributed by atoms with Crippen LogP contribution in [0.3, 0.4) is 0 Å². The van der Waals surface area contributed by atoms with Gasteiger partial charge >= 0.3 is 0 Å². The Labute approximate surface area is 213 Å². The van der Waals surface area contributed by atoms with E-state index in [1.807, 2.05) is 74.7 Å². The number of fused-ring (bicyclic) bond motifs is 1. The Morgan fingerprint density at radius 3 is 2.69 bits per heavy atom. The Kier molecular flexibility index (Phi) is 8.30. The van der Waals surface area contributed by atoms with Crippen molar-refractivity contribution in [1.29, 1.82) is 0 Å². The molecular weight excluding hydrogens is 476 g/mol. The highest BCUT2D eigenvalue weighted by Gasteiger charge is 2.30. The Morgan fingerprint density at radius 2 is 1.94 bits per heavy atom. The molecule has 0 saturated carbocycles. The molecule has 2 aromatic carbocycles. The van der Waals surface area contributed by atoms with Gasteiger partial charge in [-0.2, -0.15) is 0 Å². The molecule has 182 valence electrons. The molecule has 0 radical (unpaired) electrons. The third-order valence-corrected chi connectivity index (χ3v) is 8.54. The largest absolute Gasteiger partial charge is 0.392 e. The van der Waals surface area contributed by atoms with Crippen molar-refractivity contribution in [2.75, 3.05) is 0 Å². The lowest BCUT2D eigenvalue weighted by Crippen LogP contribution is -2.45. The molecule has 0 spiro atoms. The van der Waals surface area contributed by atoms with E-state index in [2.05, 4.69) is 21.5 Å². The fraction of sp³-hybridized carbons (Fsp3) is 0.321. The number of carbonyl (C=O) groups is 1. The normalized spacial score (nSPS) is 18.9. The van der Waals surface area contributed by atoms with Crippen LogP contribution in [-0.2, 0) is 15.8 Å². The van der Waals surface area contributed by atoms with Crippen molar-refractivity contribution in [3.63, 3.8) is 0 Å². The molecule has 4 rings (SSSR count). The van der Waals surface area contributed by atoms with E-state index in [-0.39, 0.29) is 22.7 Å². The summed E-state index contributed by atoms with van der Waals surface area (Å²) in [7, 11) is -1.91. The number of para-hydroxylation sites is 1. The van der Waals surface area contributed by atoms with Crippen LogP contribution in [0.1, 0.15) is 49.3 Å². The van der Waals surface area contributed by atoms with Gasteiger partial charge in [0.1, 0.15) is 0 Å². The van der Waals surface area contributed by atoms with Crippen molar-refractivity contribution in [1.82, 2.24) is 9.71 Å². The molecule has 0 saturated heterocycles. The summed E-state index contributed by atoms with van der Waals surface area (Å²) in [6, 6.07) is 15.4. The zero-order valence-electron chi connectivity index (χ0n) is 20.1. The van der Waals surface area contributed by atoms with E-state index < -0.39 is 23.1 Å². The Morgan fingerprint density at radius 1 is 1.20 bits per heavy atom. The number of H-pyrrole nitrogens is 1. The number of aliphatic hydroxyl groups is 1. The van der Waals surface area contributed by atoms with E-state index >= 15 is 0 Å². The zero-order valence-corrected chi connectivity index (χ0v) is 21.7. The number of aromatic nitrogens is 1. The Hall–Kier alpha value is -2.63. The first-order chi connectivity index (χ1) is 16.8. The van der Waals surface area contributed by atoms with E-state index in [0.29, 0.717) is 0 Å². The fourth-order valence-corrected chi connectivity index (χ4v) is 6.55. The number of nitrogens with one attached hydrogen (secondary N) is 2. The van der Waals surface area contributed by atoms with Gasteiger partial charge in [0.15, 0.2) is 11.0 Å². The molecule has 35 heavy (non-hydrogen) atoms. The van der Waals surface area contributed by atoms with Crippen molar-refractivity contribution >= 4 is 38.8 Å². The standard InChI is InChI=1S/C28H30N2O3S2/c1-18-8-10-21(11-9-18)12-13-22-14-15-23(34-22)16-27(32)35(33)30-28(20(3)31)19(2)25-17-29-26-7-5-4-6-24(25)26/h4-11,14,17,19-20,23,28-31H,15-16H2,1-3H3/t19-,20?,23?,28-,35?/m1/s1. The second-order valence-corrected chi connectivity index (χ2v) is 11.5. The van der Waals surface area contributed by atoms with Crippen LogP contribution >= 0.6 is 11.8 Å². The molecule has 1 aromatic heterocycles. The van der Waals surface area contributed by atoms with Gasteiger partial charge in [-0.3, -0.25) is 4.79 Å². The summed E-state index contributed by atoms with van der Waals surface area (Å²) in [6.45, 7) is 5.66. The highest BCUT2D eigenvalue weighted by Crippen LogP contribution is 2.34.